The summed E-state index contributed by atoms with van der Waals surface area (Å²) in [6.07, 6.45) is 0.740. The van der Waals surface area contributed by atoms with Gasteiger partial charge in [0.2, 0.25) is 5.89 Å². The van der Waals surface area contributed by atoms with Crippen LogP contribution in [0.3, 0.4) is 0 Å². The monoisotopic (exact) mass is 276 g/mol. The Labute approximate surface area is 118 Å². The molecular formula is C14H20N4O2. The Kier molecular flexibility index (Phi) is 4.45. The average Bonchev–Trinajstić information content (AvgIpc) is 2.79. The highest BCUT2D eigenvalue weighted by Crippen LogP contribution is 2.29. The smallest absolute Gasteiger partial charge is 0.228 e. The minimum absolute atomic E-state index is 0.0916. The van der Waals surface area contributed by atoms with Gasteiger partial charge in [-0.3, -0.25) is 0 Å². The van der Waals surface area contributed by atoms with Gasteiger partial charge >= 0.3 is 0 Å². The van der Waals surface area contributed by atoms with Crippen molar-refractivity contribution < 1.29 is 9.26 Å². The lowest BCUT2D eigenvalue weighted by molar-refractivity contribution is 0.244. The number of para-hydroxylation sites is 1. The van der Waals surface area contributed by atoms with Crippen molar-refractivity contribution in [2.45, 2.75) is 33.3 Å². The Balaban J connectivity index is 1.95. The number of rotatable bonds is 6. The molecule has 20 heavy (non-hydrogen) atoms. The lowest BCUT2D eigenvalue weighted by atomic mass is 10.2. The molecule has 0 fully saturated rings. The maximum Gasteiger partial charge on any atom is 0.228 e. The minimum Gasteiger partial charge on any atom is -0.489 e. The van der Waals surface area contributed by atoms with Gasteiger partial charge in [-0.05, 0) is 32.9 Å². The summed E-state index contributed by atoms with van der Waals surface area (Å²) in [7, 11) is 0. The van der Waals surface area contributed by atoms with E-state index in [-0.39, 0.29) is 6.10 Å². The Morgan fingerprint density at radius 1 is 1.40 bits per heavy atom. The highest BCUT2D eigenvalue weighted by Gasteiger charge is 2.08. The van der Waals surface area contributed by atoms with Crippen molar-refractivity contribution in [1.82, 2.24) is 10.1 Å². The third-order valence-electron chi connectivity index (χ3n) is 2.65. The number of benzene rings is 1. The van der Waals surface area contributed by atoms with Crippen LogP contribution in [0, 0.1) is 6.92 Å². The predicted molar refractivity (Wildman–Crippen MR) is 77.8 cm³/mol. The molecule has 108 valence electrons. The molecule has 1 heterocycles. The van der Waals surface area contributed by atoms with Gasteiger partial charge in [-0.1, -0.05) is 11.2 Å². The van der Waals surface area contributed by atoms with Crippen LogP contribution in [0.5, 0.6) is 5.75 Å². The molecule has 0 saturated heterocycles. The van der Waals surface area contributed by atoms with E-state index in [1.807, 2.05) is 32.0 Å². The number of aromatic nitrogens is 2. The molecule has 0 radical (unpaired) electrons. The second kappa shape index (κ2) is 6.27. The Bertz CT molecular complexity index is 566. The fourth-order valence-electron chi connectivity index (χ4n) is 1.80. The molecule has 0 unspecified atom stereocenters. The molecule has 6 heteroatoms. The molecule has 2 rings (SSSR count). The maximum absolute atomic E-state index is 6.08. The maximum atomic E-state index is 6.08. The van der Waals surface area contributed by atoms with Gasteiger partial charge in [0.25, 0.3) is 0 Å². The van der Waals surface area contributed by atoms with E-state index in [0.717, 1.165) is 5.69 Å². The summed E-state index contributed by atoms with van der Waals surface area (Å²) < 4.78 is 10.7. The molecule has 0 saturated carbocycles. The van der Waals surface area contributed by atoms with Crippen molar-refractivity contribution in [3.05, 3.63) is 29.9 Å². The fraction of sp³-hybridized carbons (Fsp3) is 0.429. The number of nitrogens with zero attached hydrogens (tertiary/aromatic N) is 2. The summed E-state index contributed by atoms with van der Waals surface area (Å²) in [5.74, 6) is 1.95. The number of nitrogen functional groups attached to an aromatic ring is 1. The summed E-state index contributed by atoms with van der Waals surface area (Å²) >= 11 is 0. The molecule has 0 bridgehead atoms. The molecule has 0 aliphatic carbocycles. The Hall–Kier alpha value is -2.24. The highest BCUT2D eigenvalue weighted by molar-refractivity contribution is 5.72. The van der Waals surface area contributed by atoms with Crippen molar-refractivity contribution in [2.75, 3.05) is 17.6 Å². The molecule has 3 N–H and O–H groups in total. The van der Waals surface area contributed by atoms with Gasteiger partial charge in [0, 0.05) is 13.0 Å². The van der Waals surface area contributed by atoms with Gasteiger partial charge in [-0.25, -0.2) is 0 Å². The second-order valence-corrected chi connectivity index (χ2v) is 4.80. The van der Waals surface area contributed by atoms with Crippen molar-refractivity contribution in [2.24, 2.45) is 0 Å². The van der Waals surface area contributed by atoms with E-state index >= 15 is 0 Å². The Morgan fingerprint density at radius 3 is 2.85 bits per heavy atom. The summed E-state index contributed by atoms with van der Waals surface area (Å²) in [4.78, 5) is 4.15. The molecule has 0 atom stereocenters. The molecule has 0 spiro atoms. The Morgan fingerprint density at radius 2 is 2.20 bits per heavy atom. The zero-order valence-corrected chi connectivity index (χ0v) is 12.0. The molecule has 2 aromatic rings. The van der Waals surface area contributed by atoms with Crippen LogP contribution in [0.15, 0.2) is 22.7 Å². The normalized spacial score (nSPS) is 10.8. The number of nitrogens with two attached hydrogens (primary N) is 1. The second-order valence-electron chi connectivity index (χ2n) is 4.80. The van der Waals surface area contributed by atoms with Crippen LogP contribution in [0.4, 0.5) is 11.4 Å². The van der Waals surface area contributed by atoms with E-state index in [9.17, 15) is 0 Å². The van der Waals surface area contributed by atoms with Crippen LogP contribution in [-0.2, 0) is 6.42 Å². The first kappa shape index (κ1) is 14.2. The van der Waals surface area contributed by atoms with E-state index in [2.05, 4.69) is 15.5 Å². The molecule has 0 amide bonds. The summed E-state index contributed by atoms with van der Waals surface area (Å²) in [6, 6.07) is 5.69. The summed E-state index contributed by atoms with van der Waals surface area (Å²) in [6.45, 7) is 6.40. The third kappa shape index (κ3) is 3.63. The number of hydrogen-bond acceptors (Lipinski definition) is 6. The third-order valence-corrected chi connectivity index (χ3v) is 2.65. The number of nitrogens with one attached hydrogen (secondary N) is 1. The van der Waals surface area contributed by atoms with Crippen LogP contribution >= 0.6 is 0 Å². The van der Waals surface area contributed by atoms with Crippen molar-refractivity contribution in [3.63, 3.8) is 0 Å². The summed E-state index contributed by atoms with van der Waals surface area (Å²) in [5, 5.41) is 7.00. The SMILES string of the molecule is Cc1noc(CCNc2cccc(OC(C)C)c2N)n1. The lowest BCUT2D eigenvalue weighted by Gasteiger charge is -2.15. The van der Waals surface area contributed by atoms with Crippen LogP contribution in [0.1, 0.15) is 25.6 Å². The molecule has 1 aromatic carbocycles. The van der Waals surface area contributed by atoms with E-state index in [0.29, 0.717) is 36.1 Å². The molecule has 0 aliphatic rings. The fourth-order valence-corrected chi connectivity index (χ4v) is 1.80. The average molecular weight is 276 g/mol. The van der Waals surface area contributed by atoms with Crippen LogP contribution < -0.4 is 15.8 Å². The van der Waals surface area contributed by atoms with Gasteiger partial charge in [0.05, 0.1) is 17.5 Å². The molecule has 6 nitrogen and oxygen atoms in total. The highest BCUT2D eigenvalue weighted by atomic mass is 16.5. The van der Waals surface area contributed by atoms with Crippen LogP contribution in [0.2, 0.25) is 0 Å². The largest absolute Gasteiger partial charge is 0.489 e. The molecule has 1 aromatic heterocycles. The zero-order valence-electron chi connectivity index (χ0n) is 12.0. The van der Waals surface area contributed by atoms with E-state index < -0.39 is 0 Å². The number of anilines is 2. The van der Waals surface area contributed by atoms with E-state index in [1.165, 1.54) is 0 Å². The van der Waals surface area contributed by atoms with Crippen LogP contribution in [0.25, 0.3) is 0 Å². The van der Waals surface area contributed by atoms with Crippen LogP contribution in [-0.4, -0.2) is 22.8 Å². The van der Waals surface area contributed by atoms with Gasteiger partial charge < -0.3 is 20.3 Å². The number of ether oxygens (including phenoxy) is 1. The lowest BCUT2D eigenvalue weighted by Crippen LogP contribution is -2.10. The predicted octanol–water partition coefficient (Wildman–Crippen LogP) is 2.40. The quantitative estimate of drug-likeness (QED) is 0.788. The molecular weight excluding hydrogens is 256 g/mol. The first-order valence-electron chi connectivity index (χ1n) is 6.64. The van der Waals surface area contributed by atoms with E-state index in [1.54, 1.807) is 6.92 Å². The number of hydrogen-bond donors (Lipinski definition) is 2. The minimum atomic E-state index is 0.0916. The van der Waals surface area contributed by atoms with Crippen molar-refractivity contribution >= 4 is 11.4 Å². The van der Waals surface area contributed by atoms with Gasteiger partial charge in [0.15, 0.2) is 5.82 Å². The first-order valence-corrected chi connectivity index (χ1v) is 6.64. The molecule has 0 aliphatic heterocycles. The zero-order chi connectivity index (χ0) is 14.5. The topological polar surface area (TPSA) is 86.2 Å². The van der Waals surface area contributed by atoms with Gasteiger partial charge in [-0.15, -0.1) is 0 Å². The summed E-state index contributed by atoms with van der Waals surface area (Å²) in [5.41, 5.74) is 7.54. The number of aryl methyl sites for hydroxylation is 1. The van der Waals surface area contributed by atoms with E-state index in [4.69, 9.17) is 15.0 Å². The van der Waals surface area contributed by atoms with Crippen molar-refractivity contribution in [1.29, 1.82) is 0 Å². The van der Waals surface area contributed by atoms with Crippen molar-refractivity contribution in [3.8, 4) is 5.75 Å². The van der Waals surface area contributed by atoms with Gasteiger partial charge in [-0.2, -0.15) is 4.98 Å². The van der Waals surface area contributed by atoms with Gasteiger partial charge in [0.1, 0.15) is 5.75 Å². The first-order chi connectivity index (χ1) is 9.56. The standard InChI is InChI=1S/C14H20N4O2/c1-9(2)19-12-6-4-5-11(14(12)15)16-8-7-13-17-10(3)18-20-13/h4-6,9,16H,7-8,15H2,1-3H3.